The monoisotopic (exact) mass is 403 g/mol. The molecule has 0 saturated carbocycles. The van der Waals surface area contributed by atoms with E-state index in [1.165, 1.54) is 44.8 Å². The van der Waals surface area contributed by atoms with Crippen LogP contribution in [0.15, 0.2) is 41.8 Å². The second kappa shape index (κ2) is 8.57. The second-order valence-corrected chi connectivity index (χ2v) is 6.40. The van der Waals surface area contributed by atoms with Gasteiger partial charge in [0.1, 0.15) is 5.82 Å². The number of urea groups is 1. The summed E-state index contributed by atoms with van der Waals surface area (Å²) >= 11 is 1.26. The molecule has 0 aliphatic rings. The number of hydrogen-bond donors (Lipinski definition) is 2. The molecule has 2 N–H and O–H groups in total. The van der Waals surface area contributed by atoms with Crippen molar-refractivity contribution in [2.24, 2.45) is 0 Å². The van der Waals surface area contributed by atoms with Gasteiger partial charge in [-0.05, 0) is 24.3 Å². The number of nitrogens with one attached hydrogen (secondary N) is 2. The molecule has 28 heavy (non-hydrogen) atoms. The van der Waals surface area contributed by atoms with Crippen molar-refractivity contribution in [1.29, 1.82) is 0 Å². The van der Waals surface area contributed by atoms with Crippen LogP contribution >= 0.6 is 11.3 Å². The van der Waals surface area contributed by atoms with E-state index in [0.29, 0.717) is 33.8 Å². The quantitative estimate of drug-likeness (QED) is 0.628. The van der Waals surface area contributed by atoms with E-state index in [4.69, 9.17) is 14.2 Å². The van der Waals surface area contributed by atoms with Crippen LogP contribution in [0.2, 0.25) is 0 Å². The van der Waals surface area contributed by atoms with E-state index in [1.54, 1.807) is 29.6 Å². The van der Waals surface area contributed by atoms with Gasteiger partial charge in [-0.15, -0.1) is 11.3 Å². The number of rotatable bonds is 6. The Balaban J connectivity index is 1.72. The lowest BCUT2D eigenvalue weighted by atomic mass is 10.2. The molecule has 1 aromatic heterocycles. The van der Waals surface area contributed by atoms with Gasteiger partial charge < -0.3 is 19.5 Å². The average molecular weight is 403 g/mol. The molecule has 0 aliphatic carbocycles. The third kappa shape index (κ3) is 4.32. The lowest BCUT2D eigenvalue weighted by molar-refractivity contribution is 0.262. The van der Waals surface area contributed by atoms with Crippen LogP contribution < -0.4 is 24.8 Å². The van der Waals surface area contributed by atoms with Crippen LogP contribution in [0.5, 0.6) is 17.2 Å². The topological polar surface area (TPSA) is 81.7 Å². The fraction of sp³-hybridized carbons (Fsp3) is 0.158. The van der Waals surface area contributed by atoms with Crippen molar-refractivity contribution >= 4 is 28.2 Å². The zero-order valence-corrected chi connectivity index (χ0v) is 16.2. The summed E-state index contributed by atoms with van der Waals surface area (Å²) < 4.78 is 28.8. The fourth-order valence-electron chi connectivity index (χ4n) is 2.50. The lowest BCUT2D eigenvalue weighted by Gasteiger charge is -2.14. The van der Waals surface area contributed by atoms with Gasteiger partial charge in [-0.1, -0.05) is 0 Å². The maximum absolute atomic E-state index is 13.0. The average Bonchev–Trinajstić information content (AvgIpc) is 3.15. The number of nitrogens with zero attached hydrogens (tertiary/aromatic N) is 1. The zero-order chi connectivity index (χ0) is 20.1. The van der Waals surface area contributed by atoms with Crippen molar-refractivity contribution < 1.29 is 23.4 Å². The lowest BCUT2D eigenvalue weighted by Crippen LogP contribution is -2.19. The number of benzene rings is 2. The summed E-state index contributed by atoms with van der Waals surface area (Å²) in [5.41, 5.74) is 1.87. The molecule has 0 radical (unpaired) electrons. The van der Waals surface area contributed by atoms with Gasteiger partial charge in [0.05, 0.1) is 32.7 Å². The summed E-state index contributed by atoms with van der Waals surface area (Å²) in [6.45, 7) is 0. The first kappa shape index (κ1) is 19.4. The molecule has 0 aliphatic heterocycles. The standard InChI is InChI=1S/C19H18FN3O4S/c1-25-15-8-13(9-16(26-2)17(15)27-3)21-18(24)23-19-22-14(10-28-19)11-4-6-12(20)7-5-11/h4-10H,1-3H3,(H2,21,22,23,24). The van der Waals surface area contributed by atoms with E-state index >= 15 is 0 Å². The molecule has 1 heterocycles. The highest BCUT2D eigenvalue weighted by Crippen LogP contribution is 2.40. The van der Waals surface area contributed by atoms with Crippen molar-refractivity contribution in [3.63, 3.8) is 0 Å². The molecule has 0 unspecified atom stereocenters. The number of anilines is 2. The third-order valence-electron chi connectivity index (χ3n) is 3.79. The normalized spacial score (nSPS) is 10.3. The van der Waals surface area contributed by atoms with Crippen molar-refractivity contribution in [3.05, 3.63) is 47.6 Å². The molecule has 0 atom stereocenters. The van der Waals surface area contributed by atoms with E-state index in [9.17, 15) is 9.18 Å². The number of methoxy groups -OCH3 is 3. The third-order valence-corrected chi connectivity index (χ3v) is 4.54. The first-order valence-corrected chi connectivity index (χ1v) is 9.01. The van der Waals surface area contributed by atoms with Crippen LogP contribution in [0.25, 0.3) is 11.3 Å². The predicted molar refractivity (Wildman–Crippen MR) is 106 cm³/mol. The summed E-state index contributed by atoms with van der Waals surface area (Å²) in [5, 5.41) is 7.55. The molecule has 0 fully saturated rings. The van der Waals surface area contributed by atoms with Crippen LogP contribution in [0, 0.1) is 5.82 Å². The number of amides is 2. The molecule has 146 valence electrons. The van der Waals surface area contributed by atoms with E-state index in [-0.39, 0.29) is 5.82 Å². The molecule has 0 bridgehead atoms. The van der Waals surface area contributed by atoms with Gasteiger partial charge in [0.15, 0.2) is 16.6 Å². The maximum atomic E-state index is 13.0. The Morgan fingerprint density at radius 1 is 1.00 bits per heavy atom. The van der Waals surface area contributed by atoms with Crippen molar-refractivity contribution in [2.75, 3.05) is 32.0 Å². The number of hydrogen-bond acceptors (Lipinski definition) is 6. The van der Waals surface area contributed by atoms with Gasteiger partial charge >= 0.3 is 6.03 Å². The molecule has 2 amide bonds. The minimum Gasteiger partial charge on any atom is -0.493 e. The van der Waals surface area contributed by atoms with Crippen LogP contribution in [0.4, 0.5) is 20.0 Å². The van der Waals surface area contributed by atoms with Gasteiger partial charge in [0, 0.05) is 23.1 Å². The second-order valence-electron chi connectivity index (χ2n) is 5.54. The number of carbonyl (C=O) groups excluding carboxylic acids is 1. The van der Waals surface area contributed by atoms with Gasteiger partial charge in [-0.2, -0.15) is 0 Å². The van der Waals surface area contributed by atoms with Gasteiger partial charge in [-0.25, -0.2) is 14.2 Å². The molecule has 0 spiro atoms. The highest BCUT2D eigenvalue weighted by molar-refractivity contribution is 7.14. The minimum absolute atomic E-state index is 0.318. The Hall–Kier alpha value is -3.33. The summed E-state index contributed by atoms with van der Waals surface area (Å²) in [4.78, 5) is 16.6. The number of halogens is 1. The van der Waals surface area contributed by atoms with Crippen LogP contribution in [-0.2, 0) is 0 Å². The summed E-state index contributed by atoms with van der Waals surface area (Å²) in [6, 6.07) is 8.74. The number of aromatic nitrogens is 1. The largest absolute Gasteiger partial charge is 0.493 e. The SMILES string of the molecule is COc1cc(NC(=O)Nc2nc(-c3ccc(F)cc3)cs2)cc(OC)c1OC. The van der Waals surface area contributed by atoms with Gasteiger partial charge in [0.2, 0.25) is 5.75 Å². The smallest absolute Gasteiger partial charge is 0.325 e. The van der Waals surface area contributed by atoms with E-state index in [1.807, 2.05) is 0 Å². The Morgan fingerprint density at radius 2 is 1.64 bits per heavy atom. The molecule has 3 rings (SSSR count). The van der Waals surface area contributed by atoms with Crippen molar-refractivity contribution in [2.45, 2.75) is 0 Å². The molecule has 2 aromatic carbocycles. The van der Waals surface area contributed by atoms with Crippen LogP contribution in [0.3, 0.4) is 0 Å². The molecule has 9 heteroatoms. The van der Waals surface area contributed by atoms with Gasteiger partial charge in [0.25, 0.3) is 0 Å². The predicted octanol–water partition coefficient (Wildman–Crippen LogP) is 4.62. The van der Waals surface area contributed by atoms with E-state index in [2.05, 4.69) is 15.6 Å². The molecular formula is C19H18FN3O4S. The van der Waals surface area contributed by atoms with Crippen molar-refractivity contribution in [1.82, 2.24) is 4.98 Å². The summed E-state index contributed by atoms with van der Waals surface area (Å²) in [6.07, 6.45) is 0. The molecule has 0 saturated heterocycles. The van der Waals surface area contributed by atoms with Crippen molar-refractivity contribution in [3.8, 4) is 28.5 Å². The Labute approximate surface area is 165 Å². The highest BCUT2D eigenvalue weighted by atomic mass is 32.1. The Morgan fingerprint density at radius 3 is 2.21 bits per heavy atom. The first-order valence-electron chi connectivity index (χ1n) is 8.13. The van der Waals surface area contributed by atoms with E-state index < -0.39 is 6.03 Å². The highest BCUT2D eigenvalue weighted by Gasteiger charge is 2.15. The fourth-order valence-corrected chi connectivity index (χ4v) is 3.21. The number of ether oxygens (including phenoxy) is 3. The van der Waals surface area contributed by atoms with E-state index in [0.717, 1.165) is 5.56 Å². The zero-order valence-electron chi connectivity index (χ0n) is 15.4. The first-order chi connectivity index (χ1) is 13.5. The van der Waals surface area contributed by atoms with Crippen LogP contribution in [-0.4, -0.2) is 32.3 Å². The van der Waals surface area contributed by atoms with Crippen LogP contribution in [0.1, 0.15) is 0 Å². The Kier molecular flexibility index (Phi) is 5.95. The van der Waals surface area contributed by atoms with Gasteiger partial charge in [-0.3, -0.25) is 5.32 Å². The maximum Gasteiger partial charge on any atom is 0.325 e. The summed E-state index contributed by atoms with van der Waals surface area (Å²) in [7, 11) is 4.49. The molecular weight excluding hydrogens is 385 g/mol. The summed E-state index contributed by atoms with van der Waals surface area (Å²) in [5.74, 6) is 0.955. The number of carbonyl (C=O) groups is 1. The molecule has 3 aromatic rings. The minimum atomic E-state index is -0.478. The number of thiazole rings is 1. The molecule has 7 nitrogen and oxygen atoms in total. The Bertz CT molecular complexity index is 951.